The zero-order chi connectivity index (χ0) is 15.8. The molecule has 0 unspecified atom stereocenters. The van der Waals surface area contributed by atoms with E-state index in [1.165, 1.54) is 38.5 Å². The Balaban J connectivity index is 1.59. The van der Waals surface area contributed by atoms with Crippen LogP contribution in [0.4, 0.5) is 0 Å². The molecule has 0 bridgehead atoms. The number of hydrogen-bond acceptors (Lipinski definition) is 3. The van der Waals surface area contributed by atoms with E-state index >= 15 is 0 Å². The molecule has 0 aromatic carbocycles. The molecule has 22 heavy (non-hydrogen) atoms. The van der Waals surface area contributed by atoms with Gasteiger partial charge in [0.2, 0.25) is 5.91 Å². The van der Waals surface area contributed by atoms with Crippen LogP contribution in [0.5, 0.6) is 0 Å². The van der Waals surface area contributed by atoms with Crippen LogP contribution in [0.2, 0.25) is 0 Å². The standard InChI is InChI=1S/C18H34N2O2/c1-18(2,20-11-13-22-14-12-20)15-19-17(21)10-6-9-16-7-4-3-5-8-16/h16H,3-15H2,1-2H3,(H,19,21). The smallest absolute Gasteiger partial charge is 0.220 e. The van der Waals surface area contributed by atoms with Crippen molar-refractivity contribution < 1.29 is 9.53 Å². The zero-order valence-corrected chi connectivity index (χ0v) is 14.5. The normalized spacial score (nSPS) is 21.7. The molecule has 1 aliphatic heterocycles. The number of nitrogens with one attached hydrogen (secondary N) is 1. The number of ether oxygens (including phenoxy) is 1. The van der Waals surface area contributed by atoms with Crippen molar-refractivity contribution in [2.75, 3.05) is 32.8 Å². The fourth-order valence-electron chi connectivity index (χ4n) is 3.71. The summed E-state index contributed by atoms with van der Waals surface area (Å²) < 4.78 is 5.40. The Morgan fingerprint density at radius 2 is 1.86 bits per heavy atom. The molecule has 4 nitrogen and oxygen atoms in total. The molecule has 2 rings (SSSR count). The van der Waals surface area contributed by atoms with Gasteiger partial charge in [-0.05, 0) is 32.6 Å². The average molecular weight is 310 g/mol. The molecular weight excluding hydrogens is 276 g/mol. The number of carbonyl (C=O) groups is 1. The van der Waals surface area contributed by atoms with Gasteiger partial charge in [-0.1, -0.05) is 32.1 Å². The second-order valence-corrected chi connectivity index (χ2v) is 7.58. The molecule has 2 fully saturated rings. The van der Waals surface area contributed by atoms with Crippen molar-refractivity contribution in [1.29, 1.82) is 0 Å². The third-order valence-corrected chi connectivity index (χ3v) is 5.33. The van der Waals surface area contributed by atoms with Crippen molar-refractivity contribution in [3.8, 4) is 0 Å². The molecule has 1 saturated carbocycles. The average Bonchev–Trinajstić information content (AvgIpc) is 2.55. The number of hydrogen-bond donors (Lipinski definition) is 1. The van der Waals surface area contributed by atoms with Crippen LogP contribution in [0.3, 0.4) is 0 Å². The SMILES string of the molecule is CC(C)(CNC(=O)CCCC1CCCCC1)N1CCOCC1. The van der Waals surface area contributed by atoms with E-state index < -0.39 is 0 Å². The lowest BCUT2D eigenvalue weighted by Gasteiger charge is -2.40. The number of carbonyl (C=O) groups excluding carboxylic acids is 1. The molecule has 0 radical (unpaired) electrons. The predicted molar refractivity (Wildman–Crippen MR) is 89.9 cm³/mol. The molecule has 2 aliphatic rings. The molecule has 1 saturated heterocycles. The van der Waals surface area contributed by atoms with Gasteiger partial charge in [-0.25, -0.2) is 0 Å². The molecular formula is C18H34N2O2. The highest BCUT2D eigenvalue weighted by molar-refractivity contribution is 5.75. The summed E-state index contributed by atoms with van der Waals surface area (Å²) >= 11 is 0. The van der Waals surface area contributed by atoms with Crippen LogP contribution in [-0.4, -0.2) is 49.2 Å². The van der Waals surface area contributed by atoms with Crippen molar-refractivity contribution in [2.24, 2.45) is 5.92 Å². The van der Waals surface area contributed by atoms with Gasteiger partial charge in [0.15, 0.2) is 0 Å². The lowest BCUT2D eigenvalue weighted by molar-refractivity contribution is -0.122. The van der Waals surface area contributed by atoms with E-state index in [1.807, 2.05) is 0 Å². The summed E-state index contributed by atoms with van der Waals surface area (Å²) in [4.78, 5) is 14.5. The number of amides is 1. The van der Waals surface area contributed by atoms with Crippen molar-refractivity contribution >= 4 is 5.91 Å². The number of nitrogens with zero attached hydrogens (tertiary/aromatic N) is 1. The Hall–Kier alpha value is -0.610. The van der Waals surface area contributed by atoms with Gasteiger partial charge in [0.1, 0.15) is 0 Å². The molecule has 0 spiro atoms. The molecule has 1 amide bonds. The van der Waals surface area contributed by atoms with E-state index in [1.54, 1.807) is 0 Å². The molecule has 0 atom stereocenters. The summed E-state index contributed by atoms with van der Waals surface area (Å²) in [5, 5.41) is 3.14. The Morgan fingerprint density at radius 1 is 1.18 bits per heavy atom. The van der Waals surface area contributed by atoms with Crippen LogP contribution in [0.25, 0.3) is 0 Å². The highest BCUT2D eigenvalue weighted by Crippen LogP contribution is 2.27. The Morgan fingerprint density at radius 3 is 2.55 bits per heavy atom. The Kier molecular flexibility index (Phi) is 7.16. The lowest BCUT2D eigenvalue weighted by Crippen LogP contribution is -2.55. The molecule has 1 heterocycles. The van der Waals surface area contributed by atoms with Crippen LogP contribution < -0.4 is 5.32 Å². The number of morpholine rings is 1. The van der Waals surface area contributed by atoms with Gasteiger partial charge in [-0.3, -0.25) is 9.69 Å². The minimum Gasteiger partial charge on any atom is -0.379 e. The van der Waals surface area contributed by atoms with Gasteiger partial charge in [0, 0.05) is 31.6 Å². The first-order chi connectivity index (χ1) is 10.6. The maximum Gasteiger partial charge on any atom is 0.220 e. The van der Waals surface area contributed by atoms with Crippen molar-refractivity contribution in [3.63, 3.8) is 0 Å². The van der Waals surface area contributed by atoms with Crippen LogP contribution in [0.15, 0.2) is 0 Å². The topological polar surface area (TPSA) is 41.6 Å². The van der Waals surface area contributed by atoms with Crippen molar-refractivity contribution in [2.45, 2.75) is 70.8 Å². The second kappa shape index (κ2) is 8.88. The van der Waals surface area contributed by atoms with E-state index in [4.69, 9.17) is 4.74 Å². The van der Waals surface area contributed by atoms with E-state index in [0.29, 0.717) is 6.42 Å². The van der Waals surface area contributed by atoms with Gasteiger partial charge in [0.05, 0.1) is 13.2 Å². The highest BCUT2D eigenvalue weighted by atomic mass is 16.5. The summed E-state index contributed by atoms with van der Waals surface area (Å²) in [5.74, 6) is 1.10. The van der Waals surface area contributed by atoms with Gasteiger partial charge < -0.3 is 10.1 Å². The highest BCUT2D eigenvalue weighted by Gasteiger charge is 2.28. The van der Waals surface area contributed by atoms with E-state index in [9.17, 15) is 4.79 Å². The maximum absolute atomic E-state index is 12.1. The summed E-state index contributed by atoms with van der Waals surface area (Å²) in [7, 11) is 0. The summed E-state index contributed by atoms with van der Waals surface area (Å²) in [5.41, 5.74) is 0.0167. The molecule has 1 N–H and O–H groups in total. The third-order valence-electron chi connectivity index (χ3n) is 5.33. The number of rotatable bonds is 7. The first-order valence-corrected chi connectivity index (χ1v) is 9.17. The summed E-state index contributed by atoms with van der Waals surface area (Å²) in [6, 6.07) is 0. The monoisotopic (exact) mass is 310 g/mol. The van der Waals surface area contributed by atoms with Gasteiger partial charge in [-0.2, -0.15) is 0 Å². The molecule has 0 aromatic heterocycles. The first kappa shape index (κ1) is 17.7. The van der Waals surface area contributed by atoms with Crippen LogP contribution in [0.1, 0.15) is 65.2 Å². The van der Waals surface area contributed by atoms with Crippen LogP contribution >= 0.6 is 0 Å². The zero-order valence-electron chi connectivity index (χ0n) is 14.5. The molecule has 128 valence electrons. The van der Waals surface area contributed by atoms with E-state index in [-0.39, 0.29) is 11.4 Å². The summed E-state index contributed by atoms with van der Waals surface area (Å²) in [6.45, 7) is 8.68. The molecule has 1 aliphatic carbocycles. The first-order valence-electron chi connectivity index (χ1n) is 9.17. The predicted octanol–water partition coefficient (Wildman–Crippen LogP) is 2.96. The van der Waals surface area contributed by atoms with Gasteiger partial charge >= 0.3 is 0 Å². The van der Waals surface area contributed by atoms with Crippen LogP contribution in [-0.2, 0) is 9.53 Å². The lowest BCUT2D eigenvalue weighted by atomic mass is 9.86. The van der Waals surface area contributed by atoms with E-state index in [0.717, 1.165) is 45.2 Å². The Labute approximate surface area is 136 Å². The fourth-order valence-corrected chi connectivity index (χ4v) is 3.71. The molecule has 4 heteroatoms. The largest absolute Gasteiger partial charge is 0.379 e. The van der Waals surface area contributed by atoms with E-state index in [2.05, 4.69) is 24.1 Å². The minimum absolute atomic E-state index is 0.0167. The van der Waals surface area contributed by atoms with Crippen molar-refractivity contribution in [3.05, 3.63) is 0 Å². The van der Waals surface area contributed by atoms with Crippen LogP contribution in [0, 0.1) is 5.92 Å². The van der Waals surface area contributed by atoms with Crippen molar-refractivity contribution in [1.82, 2.24) is 10.2 Å². The molecule has 0 aromatic rings. The quantitative estimate of drug-likeness (QED) is 0.786. The fraction of sp³-hybridized carbons (Fsp3) is 0.944. The minimum atomic E-state index is 0.0167. The van der Waals surface area contributed by atoms with Gasteiger partial charge in [0.25, 0.3) is 0 Å². The summed E-state index contributed by atoms with van der Waals surface area (Å²) in [6.07, 6.45) is 9.94. The third kappa shape index (κ3) is 5.88. The maximum atomic E-state index is 12.1. The second-order valence-electron chi connectivity index (χ2n) is 7.58. The van der Waals surface area contributed by atoms with Gasteiger partial charge in [-0.15, -0.1) is 0 Å². The Bertz CT molecular complexity index is 332.